The van der Waals surface area contributed by atoms with Crippen molar-refractivity contribution in [3.05, 3.63) is 0 Å². The van der Waals surface area contributed by atoms with Gasteiger partial charge in [-0.05, 0) is 25.2 Å². The molecule has 0 spiro atoms. The van der Waals surface area contributed by atoms with Gasteiger partial charge in [-0.2, -0.15) is 0 Å². The van der Waals surface area contributed by atoms with E-state index in [0.29, 0.717) is 19.3 Å². The van der Waals surface area contributed by atoms with E-state index in [-0.39, 0.29) is 31.1 Å². The first-order chi connectivity index (χ1) is 25.9. The Bertz CT molecular complexity index is 796. The predicted molar refractivity (Wildman–Crippen MR) is 224 cm³/mol. The van der Waals surface area contributed by atoms with Gasteiger partial charge >= 0.3 is 17.9 Å². The fourth-order valence-electron chi connectivity index (χ4n) is 6.98. The lowest BCUT2D eigenvalue weighted by Crippen LogP contribution is -2.30. The van der Waals surface area contributed by atoms with Gasteiger partial charge in [-0.15, -0.1) is 0 Å². The predicted octanol–water partition coefficient (Wildman–Crippen LogP) is 14.7. The normalized spacial score (nSPS) is 11.9. The molecule has 0 saturated heterocycles. The maximum Gasteiger partial charge on any atom is 0.306 e. The molecule has 0 N–H and O–H groups in total. The van der Waals surface area contributed by atoms with Gasteiger partial charge in [0.15, 0.2) is 6.10 Å². The Morgan fingerprint density at radius 1 is 0.358 bits per heavy atom. The van der Waals surface area contributed by atoms with Crippen molar-refractivity contribution in [2.45, 2.75) is 265 Å². The highest BCUT2D eigenvalue weighted by Crippen LogP contribution is 2.16. The lowest BCUT2D eigenvalue weighted by Gasteiger charge is -2.18. The van der Waals surface area contributed by atoms with E-state index in [0.717, 1.165) is 63.7 Å². The number of ether oxygens (including phenoxy) is 3. The third-order valence-corrected chi connectivity index (χ3v) is 10.5. The van der Waals surface area contributed by atoms with Gasteiger partial charge in [0, 0.05) is 19.3 Å². The molecule has 6 nitrogen and oxygen atoms in total. The maximum absolute atomic E-state index is 12.7. The lowest BCUT2D eigenvalue weighted by atomic mass is 10.0. The van der Waals surface area contributed by atoms with Crippen LogP contribution in [0.5, 0.6) is 0 Å². The molecule has 0 aliphatic heterocycles. The minimum atomic E-state index is -0.759. The van der Waals surface area contributed by atoms with Gasteiger partial charge in [0.05, 0.1) is 0 Å². The largest absolute Gasteiger partial charge is 0.462 e. The molecule has 0 saturated carbocycles. The second-order valence-electron chi connectivity index (χ2n) is 16.5. The number of carbonyl (C=O) groups excluding carboxylic acids is 3. The van der Waals surface area contributed by atoms with Crippen molar-refractivity contribution in [1.29, 1.82) is 0 Å². The second-order valence-corrected chi connectivity index (χ2v) is 16.5. The van der Waals surface area contributed by atoms with Gasteiger partial charge in [0.25, 0.3) is 0 Å². The van der Waals surface area contributed by atoms with Crippen LogP contribution in [-0.4, -0.2) is 37.2 Å². The van der Waals surface area contributed by atoms with E-state index < -0.39 is 6.10 Å². The Hall–Kier alpha value is -1.59. The van der Waals surface area contributed by atoms with E-state index in [1.807, 2.05) is 0 Å². The smallest absolute Gasteiger partial charge is 0.306 e. The molecule has 0 rings (SSSR count). The maximum atomic E-state index is 12.7. The van der Waals surface area contributed by atoms with Crippen LogP contribution in [0, 0.1) is 5.92 Å². The zero-order valence-electron chi connectivity index (χ0n) is 36.0. The Kier molecular flexibility index (Phi) is 40.3. The zero-order valence-corrected chi connectivity index (χ0v) is 36.0. The molecule has 0 aliphatic carbocycles. The molecule has 0 aromatic heterocycles. The van der Waals surface area contributed by atoms with E-state index in [1.54, 1.807) is 0 Å². The minimum Gasteiger partial charge on any atom is -0.462 e. The molecule has 0 radical (unpaired) electrons. The van der Waals surface area contributed by atoms with Crippen LogP contribution >= 0.6 is 0 Å². The summed E-state index contributed by atoms with van der Waals surface area (Å²) < 4.78 is 16.7. The summed E-state index contributed by atoms with van der Waals surface area (Å²) >= 11 is 0. The van der Waals surface area contributed by atoms with Gasteiger partial charge in [-0.1, -0.05) is 220 Å². The molecule has 0 unspecified atom stereocenters. The average Bonchev–Trinajstić information content (AvgIpc) is 3.14. The van der Waals surface area contributed by atoms with Crippen molar-refractivity contribution in [1.82, 2.24) is 0 Å². The number of unbranched alkanes of at least 4 members (excludes halogenated alkanes) is 29. The first kappa shape index (κ1) is 51.4. The summed E-state index contributed by atoms with van der Waals surface area (Å²) in [5.41, 5.74) is 0. The van der Waals surface area contributed by atoms with Crippen LogP contribution in [0.25, 0.3) is 0 Å². The second kappa shape index (κ2) is 41.6. The van der Waals surface area contributed by atoms with Crippen LogP contribution in [0.15, 0.2) is 0 Å². The van der Waals surface area contributed by atoms with Crippen molar-refractivity contribution >= 4 is 17.9 Å². The molecule has 314 valence electrons. The SMILES string of the molecule is CCCCCCCCCCCCCCCCCC(=O)OC[C@@H](COC(=O)CCCCCCCCCCCCC)OC(=O)CCCCCCCCC(C)C. The molecule has 0 aliphatic rings. The topological polar surface area (TPSA) is 78.9 Å². The van der Waals surface area contributed by atoms with Crippen LogP contribution in [0.1, 0.15) is 259 Å². The Balaban J connectivity index is 4.27. The standard InChI is InChI=1S/C47H90O6/c1-5-7-9-11-13-15-17-18-19-20-22-24-26-31-35-39-46(49)52-42-44(53-47(50)40-36-32-28-27-29-33-37-43(3)4)41-51-45(48)38-34-30-25-23-21-16-14-12-10-8-6-2/h43-44H,5-42H2,1-4H3/t44-/m1/s1. The van der Waals surface area contributed by atoms with Crippen molar-refractivity contribution in [2.24, 2.45) is 5.92 Å². The van der Waals surface area contributed by atoms with E-state index in [1.165, 1.54) is 154 Å². The van der Waals surface area contributed by atoms with Crippen molar-refractivity contribution in [3.63, 3.8) is 0 Å². The first-order valence-corrected chi connectivity index (χ1v) is 23.4. The summed E-state index contributed by atoms with van der Waals surface area (Å²) in [6, 6.07) is 0. The van der Waals surface area contributed by atoms with Crippen LogP contribution in [0.3, 0.4) is 0 Å². The van der Waals surface area contributed by atoms with Crippen molar-refractivity contribution in [3.8, 4) is 0 Å². The summed E-state index contributed by atoms with van der Waals surface area (Å²) in [5, 5.41) is 0. The molecule has 53 heavy (non-hydrogen) atoms. The van der Waals surface area contributed by atoms with E-state index >= 15 is 0 Å². The highest BCUT2D eigenvalue weighted by Gasteiger charge is 2.19. The Morgan fingerprint density at radius 2 is 0.623 bits per heavy atom. The van der Waals surface area contributed by atoms with Gasteiger partial charge in [0.1, 0.15) is 13.2 Å². The third-order valence-electron chi connectivity index (χ3n) is 10.5. The number of hydrogen-bond acceptors (Lipinski definition) is 6. The molecule has 0 amide bonds. The molecule has 6 heteroatoms. The summed E-state index contributed by atoms with van der Waals surface area (Å²) in [6.07, 6.45) is 41.0. The highest BCUT2D eigenvalue weighted by molar-refractivity contribution is 5.71. The van der Waals surface area contributed by atoms with Crippen LogP contribution in [0.2, 0.25) is 0 Å². The Morgan fingerprint density at radius 3 is 0.925 bits per heavy atom. The summed E-state index contributed by atoms with van der Waals surface area (Å²) in [5.74, 6) is -0.0986. The lowest BCUT2D eigenvalue weighted by molar-refractivity contribution is -0.167. The minimum absolute atomic E-state index is 0.0646. The highest BCUT2D eigenvalue weighted by atomic mass is 16.6. The van der Waals surface area contributed by atoms with Gasteiger partial charge < -0.3 is 14.2 Å². The van der Waals surface area contributed by atoms with E-state index in [9.17, 15) is 14.4 Å². The summed E-state index contributed by atoms with van der Waals surface area (Å²) in [6.45, 7) is 8.93. The molecular formula is C47H90O6. The molecular weight excluding hydrogens is 661 g/mol. The third kappa shape index (κ3) is 41.4. The quantitative estimate of drug-likeness (QED) is 0.0351. The molecule has 0 fully saturated rings. The van der Waals surface area contributed by atoms with Gasteiger partial charge in [-0.3, -0.25) is 14.4 Å². The van der Waals surface area contributed by atoms with E-state index in [4.69, 9.17) is 14.2 Å². The average molecular weight is 751 g/mol. The number of rotatable bonds is 42. The first-order valence-electron chi connectivity index (χ1n) is 23.4. The summed E-state index contributed by atoms with van der Waals surface area (Å²) in [4.78, 5) is 37.7. The molecule has 0 bridgehead atoms. The van der Waals surface area contributed by atoms with Crippen molar-refractivity contribution < 1.29 is 28.6 Å². The molecule has 0 aromatic rings. The number of hydrogen-bond donors (Lipinski definition) is 0. The number of esters is 3. The van der Waals surface area contributed by atoms with E-state index in [2.05, 4.69) is 27.7 Å². The van der Waals surface area contributed by atoms with Crippen molar-refractivity contribution in [2.75, 3.05) is 13.2 Å². The monoisotopic (exact) mass is 751 g/mol. The van der Waals surface area contributed by atoms with Crippen LogP contribution in [0.4, 0.5) is 0 Å². The summed E-state index contributed by atoms with van der Waals surface area (Å²) in [7, 11) is 0. The molecule has 0 heterocycles. The van der Waals surface area contributed by atoms with Crippen LogP contribution < -0.4 is 0 Å². The van der Waals surface area contributed by atoms with Gasteiger partial charge in [0.2, 0.25) is 0 Å². The zero-order chi connectivity index (χ0) is 38.9. The molecule has 0 aromatic carbocycles. The molecule has 1 atom stereocenters. The fraction of sp³-hybridized carbons (Fsp3) is 0.936. The van der Waals surface area contributed by atoms with Crippen LogP contribution in [-0.2, 0) is 28.6 Å². The van der Waals surface area contributed by atoms with Gasteiger partial charge in [-0.25, -0.2) is 0 Å². The Labute approximate surface area is 329 Å². The fourth-order valence-corrected chi connectivity index (χ4v) is 6.98. The number of carbonyl (C=O) groups is 3.